The molecule has 5 N–H and O–H groups in total. The largest absolute Gasteiger partial charge is 0.445 e. The Morgan fingerprint density at radius 2 is 1.93 bits per heavy atom. The maximum absolute atomic E-state index is 12.0. The Bertz CT molecular complexity index is 639. The SMILES string of the molecule is CNC(=O)OCc1ccc(NC(=O)CCO[C@@H]2O[C@H](CO)[C@@H](O)C[C@H]2O)cc1. The first kappa shape index (κ1) is 22.1. The van der Waals surface area contributed by atoms with Gasteiger partial charge < -0.3 is 40.2 Å². The standard InChI is InChI=1S/C18H26N2O8/c1-19-18(25)27-10-11-2-4-12(5-3-11)20-16(24)6-7-26-17-14(23)8-13(22)15(9-21)28-17/h2-5,13-15,17,21-23H,6-10H2,1H3,(H,19,25)(H,20,24)/t13-,14+,15+,17+/m0/s1. The van der Waals surface area contributed by atoms with Gasteiger partial charge in [0.25, 0.3) is 0 Å². The minimum absolute atomic E-state index is 0.000142. The highest BCUT2D eigenvalue weighted by Crippen LogP contribution is 2.21. The predicted octanol–water partition coefficient (Wildman–Crippen LogP) is -0.283. The number of aliphatic hydroxyl groups excluding tert-OH is 3. The number of alkyl carbamates (subject to hydrolysis) is 1. The second-order valence-corrected chi connectivity index (χ2v) is 6.29. The molecule has 2 rings (SSSR count). The van der Waals surface area contributed by atoms with Gasteiger partial charge in [0.2, 0.25) is 5.91 Å². The summed E-state index contributed by atoms with van der Waals surface area (Å²) in [4.78, 5) is 23.0. The molecule has 10 heteroatoms. The number of amides is 2. The second kappa shape index (κ2) is 10.9. The normalized spacial score (nSPS) is 24.4. The molecule has 10 nitrogen and oxygen atoms in total. The van der Waals surface area contributed by atoms with E-state index in [0.717, 1.165) is 5.56 Å². The maximum atomic E-state index is 12.0. The molecule has 1 fully saturated rings. The van der Waals surface area contributed by atoms with Crippen molar-refractivity contribution in [2.75, 3.05) is 25.6 Å². The van der Waals surface area contributed by atoms with Crippen LogP contribution in [0, 0.1) is 0 Å². The smallest absolute Gasteiger partial charge is 0.407 e. The molecular formula is C18H26N2O8. The molecule has 4 atom stereocenters. The summed E-state index contributed by atoms with van der Waals surface area (Å²) in [6, 6.07) is 6.81. The van der Waals surface area contributed by atoms with Gasteiger partial charge in [-0.2, -0.15) is 0 Å². The van der Waals surface area contributed by atoms with Crippen molar-refractivity contribution in [3.05, 3.63) is 29.8 Å². The van der Waals surface area contributed by atoms with Crippen molar-refractivity contribution in [1.82, 2.24) is 5.32 Å². The zero-order valence-electron chi connectivity index (χ0n) is 15.5. The Morgan fingerprint density at radius 1 is 1.21 bits per heavy atom. The van der Waals surface area contributed by atoms with Crippen LogP contribution in [0.15, 0.2) is 24.3 Å². The van der Waals surface area contributed by atoms with Gasteiger partial charge in [-0.3, -0.25) is 4.79 Å². The van der Waals surface area contributed by atoms with Crippen LogP contribution in [0.4, 0.5) is 10.5 Å². The molecule has 0 aliphatic carbocycles. The highest BCUT2D eigenvalue weighted by atomic mass is 16.7. The van der Waals surface area contributed by atoms with E-state index in [2.05, 4.69) is 10.6 Å². The molecule has 1 aliphatic rings. The number of benzene rings is 1. The van der Waals surface area contributed by atoms with Gasteiger partial charge in [-0.25, -0.2) is 4.79 Å². The topological polar surface area (TPSA) is 147 Å². The summed E-state index contributed by atoms with van der Waals surface area (Å²) in [5.74, 6) is -0.293. The molecule has 1 saturated heterocycles. The molecule has 2 amide bonds. The number of hydrogen-bond donors (Lipinski definition) is 5. The first-order valence-corrected chi connectivity index (χ1v) is 8.90. The number of ether oxygens (including phenoxy) is 3. The fourth-order valence-electron chi connectivity index (χ4n) is 2.58. The molecule has 0 saturated carbocycles. The molecule has 0 aromatic heterocycles. The molecule has 156 valence electrons. The van der Waals surface area contributed by atoms with E-state index in [1.165, 1.54) is 7.05 Å². The lowest BCUT2D eigenvalue weighted by Crippen LogP contribution is -2.49. The first-order valence-electron chi connectivity index (χ1n) is 8.90. The van der Waals surface area contributed by atoms with Gasteiger partial charge in [-0.05, 0) is 17.7 Å². The molecule has 1 aromatic carbocycles. The predicted molar refractivity (Wildman–Crippen MR) is 97.3 cm³/mol. The van der Waals surface area contributed by atoms with Crippen LogP contribution in [0.1, 0.15) is 18.4 Å². The van der Waals surface area contributed by atoms with Crippen LogP contribution >= 0.6 is 0 Å². The van der Waals surface area contributed by atoms with Crippen LogP contribution in [-0.2, 0) is 25.6 Å². The van der Waals surface area contributed by atoms with Crippen LogP contribution in [-0.4, -0.2) is 72.2 Å². The quantitative estimate of drug-likeness (QED) is 0.402. The minimum atomic E-state index is -1.04. The molecule has 0 unspecified atom stereocenters. The third kappa shape index (κ3) is 6.73. The van der Waals surface area contributed by atoms with Crippen molar-refractivity contribution in [2.45, 2.75) is 44.1 Å². The molecule has 0 spiro atoms. The Balaban J connectivity index is 1.71. The van der Waals surface area contributed by atoms with Gasteiger partial charge in [-0.15, -0.1) is 0 Å². The number of carbonyl (C=O) groups excluding carboxylic acids is 2. The van der Waals surface area contributed by atoms with Crippen molar-refractivity contribution >= 4 is 17.7 Å². The zero-order chi connectivity index (χ0) is 20.5. The number of aliphatic hydroxyl groups is 3. The van der Waals surface area contributed by atoms with E-state index in [9.17, 15) is 19.8 Å². The van der Waals surface area contributed by atoms with Gasteiger partial charge >= 0.3 is 6.09 Å². The Labute approximate surface area is 162 Å². The maximum Gasteiger partial charge on any atom is 0.407 e. The van der Waals surface area contributed by atoms with Gasteiger partial charge in [-0.1, -0.05) is 12.1 Å². The molecule has 1 heterocycles. The first-order chi connectivity index (χ1) is 13.4. The van der Waals surface area contributed by atoms with E-state index < -0.39 is 37.3 Å². The molecule has 0 radical (unpaired) electrons. The second-order valence-electron chi connectivity index (χ2n) is 6.29. The van der Waals surface area contributed by atoms with E-state index in [1.807, 2.05) is 0 Å². The third-order valence-corrected chi connectivity index (χ3v) is 4.14. The lowest BCUT2D eigenvalue weighted by molar-refractivity contribution is -0.269. The summed E-state index contributed by atoms with van der Waals surface area (Å²) in [7, 11) is 1.47. The van der Waals surface area contributed by atoms with Gasteiger partial charge in [0.15, 0.2) is 6.29 Å². The summed E-state index contributed by atoms with van der Waals surface area (Å²) < 4.78 is 15.6. The van der Waals surface area contributed by atoms with Crippen molar-refractivity contribution in [3.63, 3.8) is 0 Å². The average molecular weight is 398 g/mol. The van der Waals surface area contributed by atoms with Crippen LogP contribution in [0.5, 0.6) is 0 Å². The van der Waals surface area contributed by atoms with Crippen LogP contribution < -0.4 is 10.6 Å². The van der Waals surface area contributed by atoms with E-state index in [4.69, 9.17) is 19.3 Å². The monoisotopic (exact) mass is 398 g/mol. The number of rotatable bonds is 8. The fourth-order valence-corrected chi connectivity index (χ4v) is 2.58. The van der Waals surface area contributed by atoms with Crippen molar-refractivity contribution in [3.8, 4) is 0 Å². The Kier molecular flexibility index (Phi) is 8.61. The molecule has 28 heavy (non-hydrogen) atoms. The molecular weight excluding hydrogens is 372 g/mol. The van der Waals surface area contributed by atoms with Crippen molar-refractivity contribution in [1.29, 1.82) is 0 Å². The number of carbonyl (C=O) groups is 2. The highest BCUT2D eigenvalue weighted by Gasteiger charge is 2.36. The highest BCUT2D eigenvalue weighted by molar-refractivity contribution is 5.90. The Morgan fingerprint density at radius 3 is 2.57 bits per heavy atom. The molecule has 1 aromatic rings. The number of nitrogens with one attached hydrogen (secondary N) is 2. The summed E-state index contributed by atoms with van der Waals surface area (Å²) in [5.41, 5.74) is 1.35. The summed E-state index contributed by atoms with van der Waals surface area (Å²) in [5, 5.41) is 33.6. The van der Waals surface area contributed by atoms with Crippen molar-refractivity contribution in [2.24, 2.45) is 0 Å². The number of anilines is 1. The number of hydrogen-bond acceptors (Lipinski definition) is 8. The summed E-state index contributed by atoms with van der Waals surface area (Å²) >= 11 is 0. The van der Waals surface area contributed by atoms with Crippen LogP contribution in [0.25, 0.3) is 0 Å². The minimum Gasteiger partial charge on any atom is -0.445 e. The fraction of sp³-hybridized carbons (Fsp3) is 0.556. The third-order valence-electron chi connectivity index (χ3n) is 4.14. The summed E-state index contributed by atoms with van der Waals surface area (Å²) in [6.07, 6.45) is -4.30. The van der Waals surface area contributed by atoms with E-state index >= 15 is 0 Å². The lowest BCUT2D eigenvalue weighted by atomic mass is 10.0. The van der Waals surface area contributed by atoms with E-state index in [0.29, 0.717) is 5.69 Å². The van der Waals surface area contributed by atoms with Crippen LogP contribution in [0.2, 0.25) is 0 Å². The Hall–Kier alpha value is -2.24. The van der Waals surface area contributed by atoms with Gasteiger partial charge in [0.05, 0.1) is 25.7 Å². The van der Waals surface area contributed by atoms with Crippen LogP contribution in [0.3, 0.4) is 0 Å². The average Bonchev–Trinajstić information content (AvgIpc) is 2.68. The van der Waals surface area contributed by atoms with Gasteiger partial charge in [0, 0.05) is 19.2 Å². The lowest BCUT2D eigenvalue weighted by Gasteiger charge is -2.36. The molecule has 0 bridgehead atoms. The van der Waals surface area contributed by atoms with Gasteiger partial charge in [0.1, 0.15) is 18.8 Å². The van der Waals surface area contributed by atoms with Crippen molar-refractivity contribution < 1.29 is 39.1 Å². The molecule has 1 aliphatic heterocycles. The zero-order valence-corrected chi connectivity index (χ0v) is 15.5. The summed E-state index contributed by atoms with van der Waals surface area (Å²) in [6.45, 7) is -0.271. The van der Waals surface area contributed by atoms with E-state index in [-0.39, 0.29) is 32.0 Å². The van der Waals surface area contributed by atoms with E-state index in [1.54, 1.807) is 24.3 Å².